The van der Waals surface area contributed by atoms with E-state index in [1.54, 1.807) is 12.3 Å². The molecule has 5 nitrogen and oxygen atoms in total. The number of halogens is 1. The smallest absolute Gasteiger partial charge is 0.251 e. The standard InChI is InChI=1S/C17H15BrN2O3/c1-11(15-8-12-4-2-3-5-14(12)23-15)19-16(21)10-20-9-13(18)6-7-17(20)22/h2-9,11H,10H2,1H3,(H,19,21)/t11-/m1/s1. The number of rotatable bonds is 4. The fourth-order valence-corrected chi connectivity index (χ4v) is 2.73. The van der Waals surface area contributed by atoms with Crippen LogP contribution in [0.2, 0.25) is 0 Å². The van der Waals surface area contributed by atoms with E-state index in [0.717, 1.165) is 15.4 Å². The SMILES string of the molecule is C[C@@H](NC(=O)Cn1cc(Br)ccc1=O)c1cc2ccccc2o1. The average Bonchev–Trinajstić information content (AvgIpc) is 2.95. The maximum absolute atomic E-state index is 12.1. The molecule has 0 saturated heterocycles. The lowest BCUT2D eigenvalue weighted by Gasteiger charge is -2.12. The van der Waals surface area contributed by atoms with E-state index < -0.39 is 0 Å². The Bertz CT molecular complexity index is 880. The van der Waals surface area contributed by atoms with E-state index >= 15 is 0 Å². The molecule has 1 amide bonds. The van der Waals surface area contributed by atoms with Crippen LogP contribution >= 0.6 is 15.9 Å². The molecule has 1 N–H and O–H groups in total. The number of carbonyl (C=O) groups excluding carboxylic acids is 1. The van der Waals surface area contributed by atoms with Crippen molar-refractivity contribution in [2.24, 2.45) is 0 Å². The van der Waals surface area contributed by atoms with Gasteiger partial charge in [-0.05, 0) is 41.1 Å². The summed E-state index contributed by atoms with van der Waals surface area (Å²) in [6, 6.07) is 12.4. The molecular formula is C17H15BrN2O3. The Morgan fingerprint density at radius 3 is 2.87 bits per heavy atom. The number of nitrogens with one attached hydrogen (secondary N) is 1. The van der Waals surface area contributed by atoms with Gasteiger partial charge < -0.3 is 14.3 Å². The van der Waals surface area contributed by atoms with Crippen molar-refractivity contribution in [3.05, 3.63) is 69.2 Å². The highest BCUT2D eigenvalue weighted by Crippen LogP contribution is 2.23. The fraction of sp³-hybridized carbons (Fsp3) is 0.176. The van der Waals surface area contributed by atoms with Crippen LogP contribution in [-0.2, 0) is 11.3 Å². The molecule has 0 saturated carbocycles. The van der Waals surface area contributed by atoms with Gasteiger partial charge in [0.05, 0.1) is 6.04 Å². The van der Waals surface area contributed by atoms with Crippen molar-refractivity contribution >= 4 is 32.8 Å². The van der Waals surface area contributed by atoms with Crippen LogP contribution in [0.4, 0.5) is 0 Å². The maximum atomic E-state index is 12.1. The number of para-hydroxylation sites is 1. The minimum Gasteiger partial charge on any atom is -0.459 e. The summed E-state index contributed by atoms with van der Waals surface area (Å²) in [7, 11) is 0. The number of furan rings is 1. The molecule has 0 radical (unpaired) electrons. The number of aromatic nitrogens is 1. The third-order valence-electron chi connectivity index (χ3n) is 3.51. The molecule has 0 aliphatic rings. The van der Waals surface area contributed by atoms with Crippen molar-refractivity contribution in [2.45, 2.75) is 19.5 Å². The molecule has 0 unspecified atom stereocenters. The number of amides is 1. The van der Waals surface area contributed by atoms with Gasteiger partial charge in [-0.1, -0.05) is 18.2 Å². The van der Waals surface area contributed by atoms with Gasteiger partial charge in [-0.3, -0.25) is 9.59 Å². The van der Waals surface area contributed by atoms with Gasteiger partial charge in [0.15, 0.2) is 0 Å². The Hall–Kier alpha value is -2.34. The number of benzene rings is 1. The van der Waals surface area contributed by atoms with Crippen molar-refractivity contribution < 1.29 is 9.21 Å². The van der Waals surface area contributed by atoms with Crippen LogP contribution in [0.1, 0.15) is 18.7 Å². The van der Waals surface area contributed by atoms with Gasteiger partial charge in [-0.2, -0.15) is 0 Å². The normalized spacial score (nSPS) is 12.3. The summed E-state index contributed by atoms with van der Waals surface area (Å²) in [4.78, 5) is 23.9. The van der Waals surface area contributed by atoms with Crippen molar-refractivity contribution in [3.63, 3.8) is 0 Å². The van der Waals surface area contributed by atoms with Gasteiger partial charge >= 0.3 is 0 Å². The van der Waals surface area contributed by atoms with Crippen LogP contribution in [-0.4, -0.2) is 10.5 Å². The Morgan fingerprint density at radius 2 is 2.09 bits per heavy atom. The number of pyridine rings is 1. The summed E-state index contributed by atoms with van der Waals surface area (Å²) in [5.74, 6) is 0.430. The number of nitrogens with zero attached hydrogens (tertiary/aromatic N) is 1. The summed E-state index contributed by atoms with van der Waals surface area (Å²) in [5.41, 5.74) is 0.562. The van der Waals surface area contributed by atoms with Crippen molar-refractivity contribution in [1.82, 2.24) is 9.88 Å². The zero-order valence-electron chi connectivity index (χ0n) is 12.5. The molecule has 0 aliphatic carbocycles. The summed E-state index contributed by atoms with van der Waals surface area (Å²) in [5, 5.41) is 3.84. The van der Waals surface area contributed by atoms with E-state index in [9.17, 15) is 9.59 Å². The van der Waals surface area contributed by atoms with Crippen LogP contribution in [0.3, 0.4) is 0 Å². The second-order valence-corrected chi connectivity index (χ2v) is 6.20. The molecule has 1 aromatic carbocycles. The first-order valence-electron chi connectivity index (χ1n) is 7.17. The van der Waals surface area contributed by atoms with Gasteiger partial charge in [0.1, 0.15) is 17.9 Å². The maximum Gasteiger partial charge on any atom is 0.251 e. The van der Waals surface area contributed by atoms with E-state index in [2.05, 4.69) is 21.2 Å². The highest BCUT2D eigenvalue weighted by Gasteiger charge is 2.14. The van der Waals surface area contributed by atoms with Crippen molar-refractivity contribution in [3.8, 4) is 0 Å². The molecule has 0 spiro atoms. The minimum absolute atomic E-state index is 0.0388. The second-order valence-electron chi connectivity index (χ2n) is 5.29. The summed E-state index contributed by atoms with van der Waals surface area (Å²) in [6.07, 6.45) is 1.59. The average molecular weight is 375 g/mol. The second kappa shape index (κ2) is 6.42. The molecule has 2 aromatic heterocycles. The zero-order valence-corrected chi connectivity index (χ0v) is 14.0. The van der Waals surface area contributed by atoms with Crippen LogP contribution < -0.4 is 10.9 Å². The lowest BCUT2D eigenvalue weighted by Crippen LogP contribution is -2.33. The van der Waals surface area contributed by atoms with Gasteiger partial charge in [0.2, 0.25) is 5.91 Å². The molecule has 0 fully saturated rings. The van der Waals surface area contributed by atoms with Crippen LogP contribution in [0.15, 0.2) is 62.3 Å². The Morgan fingerprint density at radius 1 is 1.30 bits per heavy atom. The quantitative estimate of drug-likeness (QED) is 0.762. The molecular weight excluding hydrogens is 360 g/mol. The van der Waals surface area contributed by atoms with Gasteiger partial charge in [0, 0.05) is 22.1 Å². The van der Waals surface area contributed by atoms with Crippen molar-refractivity contribution in [2.75, 3.05) is 0 Å². The lowest BCUT2D eigenvalue weighted by molar-refractivity contribution is -0.122. The summed E-state index contributed by atoms with van der Waals surface area (Å²) >= 11 is 3.29. The molecule has 3 aromatic rings. The molecule has 6 heteroatoms. The largest absolute Gasteiger partial charge is 0.459 e. The highest BCUT2D eigenvalue weighted by atomic mass is 79.9. The van der Waals surface area contributed by atoms with Gasteiger partial charge in [-0.15, -0.1) is 0 Å². The first kappa shape index (κ1) is 15.6. The Kier molecular flexibility index (Phi) is 4.34. The predicted molar refractivity (Wildman–Crippen MR) is 91.2 cm³/mol. The van der Waals surface area contributed by atoms with Crippen LogP contribution in [0.5, 0.6) is 0 Å². The molecule has 0 bridgehead atoms. The van der Waals surface area contributed by atoms with E-state index in [1.807, 2.05) is 37.3 Å². The summed E-state index contributed by atoms with van der Waals surface area (Å²) < 4.78 is 7.83. The molecule has 3 rings (SSSR count). The number of carbonyl (C=O) groups is 1. The number of hydrogen-bond acceptors (Lipinski definition) is 3. The van der Waals surface area contributed by atoms with Gasteiger partial charge in [0.25, 0.3) is 5.56 Å². The minimum atomic E-state index is -0.280. The zero-order chi connectivity index (χ0) is 16.4. The molecule has 0 aliphatic heterocycles. The summed E-state index contributed by atoms with van der Waals surface area (Å²) in [6.45, 7) is 1.81. The van der Waals surface area contributed by atoms with Crippen LogP contribution in [0.25, 0.3) is 11.0 Å². The molecule has 1 atom stereocenters. The van der Waals surface area contributed by atoms with E-state index in [4.69, 9.17) is 4.42 Å². The number of fused-ring (bicyclic) bond motifs is 1. The van der Waals surface area contributed by atoms with E-state index in [1.165, 1.54) is 10.6 Å². The predicted octanol–water partition coefficient (Wildman–Crippen LogP) is 3.23. The lowest BCUT2D eigenvalue weighted by atomic mass is 10.2. The monoisotopic (exact) mass is 374 g/mol. The van der Waals surface area contributed by atoms with Gasteiger partial charge in [-0.25, -0.2) is 0 Å². The first-order chi connectivity index (χ1) is 11.0. The number of hydrogen-bond donors (Lipinski definition) is 1. The molecule has 118 valence electrons. The third kappa shape index (κ3) is 3.53. The Labute approximate surface area is 141 Å². The Balaban J connectivity index is 1.71. The fourth-order valence-electron chi connectivity index (χ4n) is 2.35. The van der Waals surface area contributed by atoms with Crippen molar-refractivity contribution in [1.29, 1.82) is 0 Å². The highest BCUT2D eigenvalue weighted by molar-refractivity contribution is 9.10. The van der Waals surface area contributed by atoms with E-state index in [0.29, 0.717) is 5.76 Å². The van der Waals surface area contributed by atoms with Crippen LogP contribution in [0, 0.1) is 0 Å². The molecule has 23 heavy (non-hydrogen) atoms. The third-order valence-corrected chi connectivity index (χ3v) is 3.98. The topological polar surface area (TPSA) is 64.2 Å². The van der Waals surface area contributed by atoms with E-state index in [-0.39, 0.29) is 24.1 Å². The molecule has 2 heterocycles. The first-order valence-corrected chi connectivity index (χ1v) is 7.96.